The SMILES string of the molecule is COC(=O)[C@H]1CCCN(C(=O)c2ccc(Br)cc2C)C1. The van der Waals surface area contributed by atoms with Crippen molar-refractivity contribution in [2.24, 2.45) is 5.92 Å². The smallest absolute Gasteiger partial charge is 0.310 e. The number of likely N-dealkylation sites (tertiary alicyclic amines) is 1. The van der Waals surface area contributed by atoms with E-state index in [0.29, 0.717) is 18.7 Å². The lowest BCUT2D eigenvalue weighted by Crippen LogP contribution is -2.42. The third-order valence-corrected chi connectivity index (χ3v) is 4.16. The topological polar surface area (TPSA) is 46.6 Å². The van der Waals surface area contributed by atoms with Gasteiger partial charge in [0.2, 0.25) is 0 Å². The Morgan fingerprint density at radius 3 is 2.80 bits per heavy atom. The van der Waals surface area contributed by atoms with Gasteiger partial charge in [-0.3, -0.25) is 9.59 Å². The molecule has 4 nitrogen and oxygen atoms in total. The van der Waals surface area contributed by atoms with Crippen molar-refractivity contribution in [3.05, 3.63) is 33.8 Å². The lowest BCUT2D eigenvalue weighted by Gasteiger charge is -2.31. The number of esters is 1. The van der Waals surface area contributed by atoms with E-state index in [0.717, 1.165) is 22.9 Å². The van der Waals surface area contributed by atoms with Gasteiger partial charge in [0.15, 0.2) is 0 Å². The molecule has 1 aliphatic heterocycles. The second-order valence-electron chi connectivity index (χ2n) is 5.07. The van der Waals surface area contributed by atoms with E-state index in [1.54, 1.807) is 4.90 Å². The van der Waals surface area contributed by atoms with Crippen LogP contribution in [0.15, 0.2) is 22.7 Å². The molecule has 1 aliphatic rings. The Bertz CT molecular complexity index is 530. The van der Waals surface area contributed by atoms with E-state index in [9.17, 15) is 9.59 Å². The minimum atomic E-state index is -0.227. The van der Waals surface area contributed by atoms with Crippen LogP contribution >= 0.6 is 15.9 Å². The van der Waals surface area contributed by atoms with Crippen molar-refractivity contribution in [3.63, 3.8) is 0 Å². The molecule has 1 amide bonds. The third kappa shape index (κ3) is 3.20. The van der Waals surface area contributed by atoms with Crippen molar-refractivity contribution in [2.75, 3.05) is 20.2 Å². The minimum Gasteiger partial charge on any atom is -0.469 e. The fourth-order valence-electron chi connectivity index (χ4n) is 2.56. The molecule has 1 aromatic carbocycles. The first kappa shape index (κ1) is 15.0. The zero-order valence-electron chi connectivity index (χ0n) is 11.7. The number of halogens is 1. The Labute approximate surface area is 127 Å². The third-order valence-electron chi connectivity index (χ3n) is 3.66. The summed E-state index contributed by atoms with van der Waals surface area (Å²) >= 11 is 3.39. The van der Waals surface area contributed by atoms with Crippen LogP contribution in [-0.4, -0.2) is 37.0 Å². The molecule has 1 fully saturated rings. The second kappa shape index (κ2) is 6.39. The lowest BCUT2D eigenvalue weighted by atomic mass is 9.97. The van der Waals surface area contributed by atoms with E-state index >= 15 is 0 Å². The fraction of sp³-hybridized carbons (Fsp3) is 0.467. The van der Waals surface area contributed by atoms with Gasteiger partial charge in [0.1, 0.15) is 0 Å². The molecular weight excluding hydrogens is 322 g/mol. The molecule has 1 atom stereocenters. The second-order valence-corrected chi connectivity index (χ2v) is 5.99. The van der Waals surface area contributed by atoms with Crippen LogP contribution in [0.1, 0.15) is 28.8 Å². The summed E-state index contributed by atoms with van der Waals surface area (Å²) in [6.07, 6.45) is 1.62. The van der Waals surface area contributed by atoms with Gasteiger partial charge in [-0.25, -0.2) is 0 Å². The number of rotatable bonds is 2. The Kier molecular flexibility index (Phi) is 4.81. The number of ether oxygens (including phenoxy) is 1. The number of nitrogens with zero attached hydrogens (tertiary/aromatic N) is 1. The van der Waals surface area contributed by atoms with Crippen LogP contribution < -0.4 is 0 Å². The van der Waals surface area contributed by atoms with Gasteiger partial charge in [-0.05, 0) is 43.5 Å². The number of piperidine rings is 1. The monoisotopic (exact) mass is 339 g/mol. The molecule has 0 spiro atoms. The average Bonchev–Trinajstić information content (AvgIpc) is 2.46. The number of aryl methyl sites for hydroxylation is 1. The van der Waals surface area contributed by atoms with Gasteiger partial charge in [0.25, 0.3) is 5.91 Å². The molecule has 0 unspecified atom stereocenters. The molecule has 0 bridgehead atoms. The number of hydrogen-bond acceptors (Lipinski definition) is 3. The Morgan fingerprint density at radius 2 is 2.15 bits per heavy atom. The van der Waals surface area contributed by atoms with Crippen molar-refractivity contribution in [3.8, 4) is 0 Å². The van der Waals surface area contributed by atoms with Crippen molar-refractivity contribution in [2.45, 2.75) is 19.8 Å². The Morgan fingerprint density at radius 1 is 1.40 bits per heavy atom. The zero-order chi connectivity index (χ0) is 14.7. The molecule has 0 N–H and O–H groups in total. The van der Waals surface area contributed by atoms with Gasteiger partial charge in [-0.15, -0.1) is 0 Å². The summed E-state index contributed by atoms with van der Waals surface area (Å²) in [7, 11) is 1.39. The number of methoxy groups -OCH3 is 1. The van der Waals surface area contributed by atoms with Crippen LogP contribution in [0.2, 0.25) is 0 Å². The largest absolute Gasteiger partial charge is 0.469 e. The van der Waals surface area contributed by atoms with Gasteiger partial charge in [0, 0.05) is 23.1 Å². The van der Waals surface area contributed by atoms with Crippen LogP contribution in [0.5, 0.6) is 0 Å². The van der Waals surface area contributed by atoms with E-state index in [1.807, 2.05) is 25.1 Å². The maximum Gasteiger partial charge on any atom is 0.310 e. The summed E-state index contributed by atoms with van der Waals surface area (Å²) < 4.78 is 5.74. The van der Waals surface area contributed by atoms with Crippen molar-refractivity contribution >= 4 is 27.8 Å². The van der Waals surface area contributed by atoms with Crippen molar-refractivity contribution < 1.29 is 14.3 Å². The van der Waals surface area contributed by atoms with Crippen LogP contribution in [0.4, 0.5) is 0 Å². The van der Waals surface area contributed by atoms with Gasteiger partial charge in [-0.1, -0.05) is 15.9 Å². The average molecular weight is 340 g/mol. The molecule has 0 aromatic heterocycles. The van der Waals surface area contributed by atoms with Gasteiger partial charge in [-0.2, -0.15) is 0 Å². The molecule has 1 heterocycles. The number of benzene rings is 1. The molecule has 2 rings (SSSR count). The Balaban J connectivity index is 2.14. The molecule has 20 heavy (non-hydrogen) atoms. The normalized spacial score (nSPS) is 18.8. The van der Waals surface area contributed by atoms with Crippen LogP contribution in [0, 0.1) is 12.8 Å². The molecule has 1 saturated heterocycles. The predicted molar refractivity (Wildman–Crippen MR) is 79.5 cm³/mol. The molecule has 0 aliphatic carbocycles. The first-order valence-corrected chi connectivity index (χ1v) is 7.45. The molecular formula is C15H18BrNO3. The van der Waals surface area contributed by atoms with Crippen molar-refractivity contribution in [1.29, 1.82) is 0 Å². The minimum absolute atomic E-state index is 0.0106. The molecule has 5 heteroatoms. The van der Waals surface area contributed by atoms with E-state index in [-0.39, 0.29) is 17.8 Å². The number of hydrogen-bond donors (Lipinski definition) is 0. The van der Waals surface area contributed by atoms with Crippen molar-refractivity contribution in [1.82, 2.24) is 4.90 Å². The predicted octanol–water partition coefficient (Wildman–Crippen LogP) is 2.78. The number of amides is 1. The standard InChI is InChI=1S/C15H18BrNO3/c1-10-8-12(16)5-6-13(10)14(18)17-7-3-4-11(9-17)15(19)20-2/h5-6,8,11H,3-4,7,9H2,1-2H3/t11-/m0/s1. The first-order valence-electron chi connectivity index (χ1n) is 6.66. The van der Waals surface area contributed by atoms with Gasteiger partial charge >= 0.3 is 5.97 Å². The molecule has 108 valence electrons. The van der Waals surface area contributed by atoms with Crippen LogP contribution in [-0.2, 0) is 9.53 Å². The van der Waals surface area contributed by atoms with E-state index in [4.69, 9.17) is 4.74 Å². The maximum atomic E-state index is 12.5. The molecule has 1 aromatic rings. The maximum absolute atomic E-state index is 12.5. The van der Waals surface area contributed by atoms with Gasteiger partial charge < -0.3 is 9.64 Å². The summed E-state index contributed by atoms with van der Waals surface area (Å²) in [5.74, 6) is -0.438. The summed E-state index contributed by atoms with van der Waals surface area (Å²) in [5, 5.41) is 0. The molecule has 0 radical (unpaired) electrons. The van der Waals surface area contributed by atoms with E-state index in [2.05, 4.69) is 15.9 Å². The highest BCUT2D eigenvalue weighted by atomic mass is 79.9. The quantitative estimate of drug-likeness (QED) is 0.778. The van der Waals surface area contributed by atoms with E-state index < -0.39 is 0 Å². The number of carbonyl (C=O) groups excluding carboxylic acids is 2. The highest BCUT2D eigenvalue weighted by molar-refractivity contribution is 9.10. The zero-order valence-corrected chi connectivity index (χ0v) is 13.3. The molecule has 0 saturated carbocycles. The first-order chi connectivity index (χ1) is 9.52. The van der Waals surface area contributed by atoms with Crippen LogP contribution in [0.3, 0.4) is 0 Å². The summed E-state index contributed by atoms with van der Waals surface area (Å²) in [4.78, 5) is 25.9. The lowest BCUT2D eigenvalue weighted by molar-refractivity contribution is -0.146. The summed E-state index contributed by atoms with van der Waals surface area (Å²) in [5.41, 5.74) is 1.63. The highest BCUT2D eigenvalue weighted by Crippen LogP contribution is 2.22. The van der Waals surface area contributed by atoms with Crippen LogP contribution in [0.25, 0.3) is 0 Å². The number of carbonyl (C=O) groups is 2. The highest BCUT2D eigenvalue weighted by Gasteiger charge is 2.29. The summed E-state index contributed by atoms with van der Waals surface area (Å²) in [6.45, 7) is 3.06. The van der Waals surface area contributed by atoms with Gasteiger partial charge in [0.05, 0.1) is 13.0 Å². The fourth-order valence-corrected chi connectivity index (χ4v) is 3.03. The van der Waals surface area contributed by atoms with E-state index in [1.165, 1.54) is 7.11 Å². The summed E-state index contributed by atoms with van der Waals surface area (Å²) in [6, 6.07) is 5.61. The Hall–Kier alpha value is -1.36.